The molecule has 0 saturated carbocycles. The Kier molecular flexibility index (Phi) is 4.51. The van der Waals surface area contributed by atoms with Gasteiger partial charge in [0, 0.05) is 22.0 Å². The average Bonchev–Trinajstić information content (AvgIpc) is 3.12. The molecule has 128 valence electrons. The zero-order chi connectivity index (χ0) is 17.9. The minimum absolute atomic E-state index is 0.0143. The minimum Gasteiger partial charge on any atom is -0.326 e. The molecule has 0 aliphatic heterocycles. The maximum Gasteiger partial charge on any atom is 0.227 e. The molecule has 1 aliphatic carbocycles. The van der Waals surface area contributed by atoms with Crippen LogP contribution in [0.4, 0.5) is 5.69 Å². The minimum atomic E-state index is -0.0580. The lowest BCUT2D eigenvalue weighted by molar-refractivity contribution is -0.120. The number of carbonyl (C=O) groups is 1. The van der Waals surface area contributed by atoms with E-state index in [0.717, 1.165) is 35.5 Å². The van der Waals surface area contributed by atoms with Crippen molar-refractivity contribution >= 4 is 22.9 Å². The van der Waals surface area contributed by atoms with Gasteiger partial charge in [-0.3, -0.25) is 4.79 Å². The van der Waals surface area contributed by atoms with E-state index in [4.69, 9.17) is 10.2 Å². The Morgan fingerprint density at radius 1 is 1.19 bits per heavy atom. The van der Waals surface area contributed by atoms with Gasteiger partial charge in [0.25, 0.3) is 0 Å². The number of aryl methyl sites for hydroxylation is 1. The Hall–Kier alpha value is -2.97. The van der Waals surface area contributed by atoms with E-state index in [1.165, 1.54) is 4.88 Å². The smallest absolute Gasteiger partial charge is 0.227 e. The second-order valence-corrected chi connectivity index (χ2v) is 7.46. The van der Waals surface area contributed by atoms with Crippen LogP contribution in [0, 0.1) is 17.2 Å². The van der Waals surface area contributed by atoms with Crippen LogP contribution in [-0.2, 0) is 17.6 Å². The molecule has 0 saturated heterocycles. The van der Waals surface area contributed by atoms with Gasteiger partial charge in [0.15, 0.2) is 0 Å². The van der Waals surface area contributed by atoms with E-state index < -0.39 is 0 Å². The number of hydrogen-bond donors (Lipinski definition) is 1. The quantitative estimate of drug-likeness (QED) is 0.752. The molecule has 4 rings (SSSR count). The third-order valence-corrected chi connectivity index (χ3v) is 5.76. The summed E-state index contributed by atoms with van der Waals surface area (Å²) in [5.41, 5.74) is 3.48. The lowest BCUT2D eigenvalue weighted by Crippen LogP contribution is -2.27. The third-order valence-electron chi connectivity index (χ3n) is 4.59. The van der Waals surface area contributed by atoms with E-state index in [1.54, 1.807) is 29.5 Å². The first-order valence-electron chi connectivity index (χ1n) is 8.58. The molecule has 26 heavy (non-hydrogen) atoms. The summed E-state index contributed by atoms with van der Waals surface area (Å²) in [6.07, 6.45) is 2.35. The summed E-state index contributed by atoms with van der Waals surface area (Å²) in [6, 6.07) is 19.3. The molecule has 0 radical (unpaired) electrons. The normalized spacial score (nSPS) is 15.7. The molecular formula is C21H17N3OS. The van der Waals surface area contributed by atoms with Crippen molar-refractivity contribution in [3.05, 3.63) is 70.7 Å². The van der Waals surface area contributed by atoms with Gasteiger partial charge in [-0.25, -0.2) is 4.98 Å². The number of carbonyl (C=O) groups excluding carboxylic acids is 1. The SMILES string of the molecule is N#Cc1cccc(NC(=O)C2CCc3nc(-c4ccccc4)sc3C2)c1. The van der Waals surface area contributed by atoms with Crippen LogP contribution in [0.2, 0.25) is 0 Å². The largest absolute Gasteiger partial charge is 0.326 e. The van der Waals surface area contributed by atoms with Gasteiger partial charge in [-0.2, -0.15) is 5.26 Å². The van der Waals surface area contributed by atoms with Crippen molar-refractivity contribution in [1.82, 2.24) is 4.98 Å². The fourth-order valence-electron chi connectivity index (χ4n) is 3.21. The highest BCUT2D eigenvalue weighted by molar-refractivity contribution is 7.15. The van der Waals surface area contributed by atoms with Crippen molar-refractivity contribution in [2.24, 2.45) is 5.92 Å². The number of aromatic nitrogens is 1. The number of fused-ring (bicyclic) bond motifs is 1. The number of thiazole rings is 1. The lowest BCUT2D eigenvalue weighted by atomic mass is 9.90. The second-order valence-electron chi connectivity index (χ2n) is 6.38. The fraction of sp³-hybridized carbons (Fsp3) is 0.190. The first kappa shape index (κ1) is 16.5. The summed E-state index contributed by atoms with van der Waals surface area (Å²) in [5, 5.41) is 13.0. The lowest BCUT2D eigenvalue weighted by Gasteiger charge is -2.20. The van der Waals surface area contributed by atoms with Gasteiger partial charge in [-0.15, -0.1) is 11.3 Å². The highest BCUT2D eigenvalue weighted by Crippen LogP contribution is 2.35. The van der Waals surface area contributed by atoms with E-state index in [2.05, 4.69) is 23.5 Å². The monoisotopic (exact) mass is 359 g/mol. The predicted molar refractivity (Wildman–Crippen MR) is 103 cm³/mol. The first-order chi connectivity index (χ1) is 12.7. The van der Waals surface area contributed by atoms with Crippen molar-refractivity contribution in [3.63, 3.8) is 0 Å². The molecule has 1 atom stereocenters. The van der Waals surface area contributed by atoms with E-state index in [-0.39, 0.29) is 11.8 Å². The Morgan fingerprint density at radius 3 is 2.85 bits per heavy atom. The highest BCUT2D eigenvalue weighted by Gasteiger charge is 2.27. The number of nitriles is 1. The van der Waals surface area contributed by atoms with E-state index in [9.17, 15) is 4.79 Å². The number of anilines is 1. The molecule has 3 aromatic rings. The molecule has 0 fully saturated rings. The van der Waals surface area contributed by atoms with Crippen molar-refractivity contribution < 1.29 is 4.79 Å². The van der Waals surface area contributed by atoms with Crippen LogP contribution >= 0.6 is 11.3 Å². The third kappa shape index (κ3) is 3.37. The maximum atomic E-state index is 12.6. The van der Waals surface area contributed by atoms with Crippen LogP contribution in [0.5, 0.6) is 0 Å². The molecule has 1 N–H and O–H groups in total. The summed E-state index contributed by atoms with van der Waals surface area (Å²) in [7, 11) is 0. The molecule has 0 spiro atoms. The highest BCUT2D eigenvalue weighted by atomic mass is 32.1. The van der Waals surface area contributed by atoms with Crippen LogP contribution < -0.4 is 5.32 Å². The average molecular weight is 359 g/mol. The van der Waals surface area contributed by atoms with Crippen molar-refractivity contribution in [3.8, 4) is 16.6 Å². The molecule has 4 nitrogen and oxygen atoms in total. The molecule has 1 heterocycles. The number of nitrogens with zero attached hydrogens (tertiary/aromatic N) is 2. The van der Waals surface area contributed by atoms with Gasteiger partial charge < -0.3 is 5.32 Å². The Labute approximate surface area is 156 Å². The molecule has 2 aromatic carbocycles. The van der Waals surface area contributed by atoms with Gasteiger partial charge in [-0.1, -0.05) is 36.4 Å². The molecule has 1 amide bonds. The molecule has 1 unspecified atom stereocenters. The van der Waals surface area contributed by atoms with Crippen molar-refractivity contribution in [2.45, 2.75) is 19.3 Å². The van der Waals surface area contributed by atoms with Crippen molar-refractivity contribution in [2.75, 3.05) is 5.32 Å². The zero-order valence-electron chi connectivity index (χ0n) is 14.1. The molecule has 1 aromatic heterocycles. The molecular weight excluding hydrogens is 342 g/mol. The second kappa shape index (κ2) is 7.11. The van der Waals surface area contributed by atoms with Gasteiger partial charge in [0.05, 0.1) is 17.3 Å². The molecule has 1 aliphatic rings. The van der Waals surface area contributed by atoms with E-state index in [1.807, 2.05) is 24.3 Å². The number of nitrogens with one attached hydrogen (secondary N) is 1. The Balaban J connectivity index is 1.48. The van der Waals surface area contributed by atoms with Crippen LogP contribution in [-0.4, -0.2) is 10.9 Å². The molecule has 5 heteroatoms. The number of rotatable bonds is 3. The van der Waals surface area contributed by atoms with Crippen LogP contribution in [0.15, 0.2) is 54.6 Å². The number of hydrogen-bond acceptors (Lipinski definition) is 4. The summed E-state index contributed by atoms with van der Waals surface area (Å²) in [5.74, 6) is -0.0438. The number of amides is 1. The topological polar surface area (TPSA) is 65.8 Å². The van der Waals surface area contributed by atoms with Gasteiger partial charge in [0.1, 0.15) is 5.01 Å². The fourth-order valence-corrected chi connectivity index (χ4v) is 4.41. The Morgan fingerprint density at radius 2 is 2.04 bits per heavy atom. The van der Waals surface area contributed by atoms with Gasteiger partial charge >= 0.3 is 0 Å². The summed E-state index contributed by atoms with van der Waals surface area (Å²) >= 11 is 1.69. The van der Waals surface area contributed by atoms with Gasteiger partial charge in [0.2, 0.25) is 5.91 Å². The Bertz CT molecular complexity index is 988. The zero-order valence-corrected chi connectivity index (χ0v) is 14.9. The van der Waals surface area contributed by atoms with Gasteiger partial charge in [-0.05, 0) is 37.5 Å². The van der Waals surface area contributed by atoms with Crippen LogP contribution in [0.25, 0.3) is 10.6 Å². The summed E-state index contributed by atoms with van der Waals surface area (Å²) < 4.78 is 0. The van der Waals surface area contributed by atoms with E-state index >= 15 is 0 Å². The van der Waals surface area contributed by atoms with E-state index in [0.29, 0.717) is 11.3 Å². The van der Waals surface area contributed by atoms with Crippen molar-refractivity contribution in [1.29, 1.82) is 5.26 Å². The molecule has 0 bridgehead atoms. The summed E-state index contributed by atoms with van der Waals surface area (Å²) in [6.45, 7) is 0. The maximum absolute atomic E-state index is 12.6. The van der Waals surface area contributed by atoms with Crippen LogP contribution in [0.3, 0.4) is 0 Å². The predicted octanol–water partition coefficient (Wildman–Crippen LogP) is 4.43. The first-order valence-corrected chi connectivity index (χ1v) is 9.39. The summed E-state index contributed by atoms with van der Waals surface area (Å²) in [4.78, 5) is 18.6. The number of benzene rings is 2. The van der Waals surface area contributed by atoms with Crippen LogP contribution in [0.1, 0.15) is 22.6 Å². The standard InChI is InChI=1S/C21H17N3OS/c22-13-14-5-4-8-17(11-14)23-20(25)16-9-10-18-19(12-16)26-21(24-18)15-6-2-1-3-7-15/h1-8,11,16H,9-10,12H2,(H,23,25).